The van der Waals surface area contributed by atoms with Crippen LogP contribution in [0.2, 0.25) is 0 Å². The van der Waals surface area contributed by atoms with Gasteiger partial charge in [-0.3, -0.25) is 0 Å². The van der Waals surface area contributed by atoms with Gasteiger partial charge in [-0.15, -0.1) is 11.6 Å². The van der Waals surface area contributed by atoms with Gasteiger partial charge in [-0.25, -0.2) is 0 Å². The Hall–Kier alpha value is -0.950. The van der Waals surface area contributed by atoms with Gasteiger partial charge in [0.05, 0.1) is 0 Å². The predicted molar refractivity (Wildman–Crippen MR) is 64.7 cm³/mol. The van der Waals surface area contributed by atoms with Crippen LogP contribution in [0.4, 0.5) is 0 Å². The number of alkyl halides is 1. The Kier molecular flexibility index (Phi) is 2.74. The van der Waals surface area contributed by atoms with Crippen molar-refractivity contribution in [3.8, 4) is 0 Å². The van der Waals surface area contributed by atoms with Crippen LogP contribution in [0.25, 0.3) is 11.0 Å². The minimum Gasteiger partial charge on any atom is -0.461 e. The van der Waals surface area contributed by atoms with Gasteiger partial charge >= 0.3 is 0 Å². The lowest BCUT2D eigenvalue weighted by Gasteiger charge is -2.09. The number of rotatable bonds is 2. The molecule has 0 saturated carbocycles. The molecule has 0 radical (unpaired) electrons. The second-order valence-electron chi connectivity index (χ2n) is 4.16. The number of hydrogen-bond donors (Lipinski definition) is 0. The SMILES string of the molecule is Cc1ccc2oc(C(C)C(C)Cl)cc2c1. The molecule has 80 valence electrons. The van der Waals surface area contributed by atoms with E-state index in [2.05, 4.69) is 32.0 Å². The van der Waals surface area contributed by atoms with Gasteiger partial charge < -0.3 is 4.42 Å². The molecular formula is C13H15ClO. The van der Waals surface area contributed by atoms with E-state index in [0.717, 1.165) is 16.7 Å². The molecule has 0 aliphatic heterocycles. The molecule has 2 atom stereocenters. The number of halogens is 1. The summed E-state index contributed by atoms with van der Waals surface area (Å²) in [5.41, 5.74) is 2.20. The van der Waals surface area contributed by atoms with Gasteiger partial charge in [-0.2, -0.15) is 0 Å². The summed E-state index contributed by atoms with van der Waals surface area (Å²) < 4.78 is 5.76. The lowest BCUT2D eigenvalue weighted by Crippen LogP contribution is -2.03. The highest BCUT2D eigenvalue weighted by Crippen LogP contribution is 2.29. The lowest BCUT2D eigenvalue weighted by atomic mass is 10.1. The van der Waals surface area contributed by atoms with Crippen LogP contribution in [0.15, 0.2) is 28.7 Å². The average molecular weight is 223 g/mol. The quantitative estimate of drug-likeness (QED) is 0.684. The summed E-state index contributed by atoms with van der Waals surface area (Å²) in [7, 11) is 0. The first-order valence-electron chi connectivity index (χ1n) is 5.22. The van der Waals surface area contributed by atoms with Crippen LogP contribution in [0.1, 0.15) is 31.1 Å². The average Bonchev–Trinajstić information content (AvgIpc) is 2.58. The van der Waals surface area contributed by atoms with E-state index in [1.54, 1.807) is 0 Å². The molecular weight excluding hydrogens is 208 g/mol. The minimum atomic E-state index is 0.0895. The Bertz CT molecular complexity index is 470. The molecule has 0 saturated heterocycles. The highest BCUT2D eigenvalue weighted by molar-refractivity contribution is 6.20. The molecule has 15 heavy (non-hydrogen) atoms. The van der Waals surface area contributed by atoms with Gasteiger partial charge in [0.1, 0.15) is 11.3 Å². The zero-order valence-electron chi connectivity index (χ0n) is 9.25. The fourth-order valence-electron chi connectivity index (χ4n) is 1.63. The van der Waals surface area contributed by atoms with E-state index in [1.807, 2.05) is 13.0 Å². The number of hydrogen-bond acceptors (Lipinski definition) is 1. The first kappa shape index (κ1) is 10.6. The van der Waals surface area contributed by atoms with Crippen molar-refractivity contribution < 1.29 is 4.42 Å². The Morgan fingerprint density at radius 1 is 1.20 bits per heavy atom. The number of benzene rings is 1. The third-order valence-corrected chi connectivity index (χ3v) is 3.21. The van der Waals surface area contributed by atoms with Gasteiger partial charge in [-0.1, -0.05) is 18.6 Å². The molecule has 1 nitrogen and oxygen atoms in total. The molecule has 0 fully saturated rings. The van der Waals surface area contributed by atoms with Gasteiger partial charge in [0, 0.05) is 16.7 Å². The van der Waals surface area contributed by atoms with E-state index < -0.39 is 0 Å². The van der Waals surface area contributed by atoms with E-state index in [9.17, 15) is 0 Å². The summed E-state index contributed by atoms with van der Waals surface area (Å²) >= 11 is 6.06. The van der Waals surface area contributed by atoms with Gasteiger partial charge in [0.15, 0.2) is 0 Å². The van der Waals surface area contributed by atoms with Crippen molar-refractivity contribution in [2.75, 3.05) is 0 Å². The van der Waals surface area contributed by atoms with Crippen molar-refractivity contribution in [3.63, 3.8) is 0 Å². The minimum absolute atomic E-state index is 0.0895. The van der Waals surface area contributed by atoms with Crippen molar-refractivity contribution in [2.45, 2.75) is 32.1 Å². The molecule has 0 aliphatic rings. The zero-order chi connectivity index (χ0) is 11.0. The van der Waals surface area contributed by atoms with E-state index in [-0.39, 0.29) is 11.3 Å². The fourth-order valence-corrected chi connectivity index (χ4v) is 1.76. The summed E-state index contributed by atoms with van der Waals surface area (Å²) in [4.78, 5) is 0. The molecule has 2 unspecified atom stereocenters. The molecule has 0 amide bonds. The van der Waals surface area contributed by atoms with Crippen LogP contribution in [0.5, 0.6) is 0 Å². The molecule has 0 aliphatic carbocycles. The summed E-state index contributed by atoms with van der Waals surface area (Å²) in [6.45, 7) is 6.16. The van der Waals surface area contributed by atoms with Gasteiger partial charge in [0.25, 0.3) is 0 Å². The summed E-state index contributed by atoms with van der Waals surface area (Å²) in [6.07, 6.45) is 0. The molecule has 1 aromatic carbocycles. The summed E-state index contributed by atoms with van der Waals surface area (Å²) in [5, 5.41) is 1.25. The van der Waals surface area contributed by atoms with E-state index in [0.29, 0.717) is 0 Å². The summed E-state index contributed by atoms with van der Waals surface area (Å²) in [5.74, 6) is 1.22. The van der Waals surface area contributed by atoms with Crippen LogP contribution in [0, 0.1) is 6.92 Å². The maximum Gasteiger partial charge on any atom is 0.134 e. The molecule has 0 N–H and O–H groups in total. The maximum atomic E-state index is 6.06. The standard InChI is InChI=1S/C13H15ClO/c1-8-4-5-12-11(6-8)7-13(15-12)9(2)10(3)14/h4-7,9-10H,1-3H3. The topological polar surface area (TPSA) is 13.1 Å². The second-order valence-corrected chi connectivity index (χ2v) is 4.84. The fraction of sp³-hybridized carbons (Fsp3) is 0.385. The summed E-state index contributed by atoms with van der Waals surface area (Å²) in [6, 6.07) is 8.30. The van der Waals surface area contributed by atoms with Crippen LogP contribution in [0.3, 0.4) is 0 Å². The van der Waals surface area contributed by atoms with Crippen LogP contribution >= 0.6 is 11.6 Å². The van der Waals surface area contributed by atoms with Crippen molar-refractivity contribution >= 4 is 22.6 Å². The Morgan fingerprint density at radius 2 is 1.93 bits per heavy atom. The molecule has 2 rings (SSSR count). The van der Waals surface area contributed by atoms with Crippen molar-refractivity contribution in [1.29, 1.82) is 0 Å². The zero-order valence-corrected chi connectivity index (χ0v) is 10.0. The number of aryl methyl sites for hydroxylation is 1. The Labute approximate surface area is 95.0 Å². The predicted octanol–water partition coefficient (Wildman–Crippen LogP) is 4.47. The molecule has 2 heteroatoms. The Morgan fingerprint density at radius 3 is 2.60 bits per heavy atom. The number of furan rings is 1. The first-order chi connectivity index (χ1) is 7.08. The van der Waals surface area contributed by atoms with Crippen LogP contribution in [-0.4, -0.2) is 5.38 Å². The van der Waals surface area contributed by atoms with Crippen molar-refractivity contribution in [2.24, 2.45) is 0 Å². The molecule has 0 spiro atoms. The van der Waals surface area contributed by atoms with Crippen molar-refractivity contribution in [3.05, 3.63) is 35.6 Å². The third kappa shape index (κ3) is 2.03. The highest BCUT2D eigenvalue weighted by Gasteiger charge is 2.16. The first-order valence-corrected chi connectivity index (χ1v) is 5.65. The van der Waals surface area contributed by atoms with Gasteiger partial charge in [-0.05, 0) is 32.0 Å². The molecule has 2 aromatic rings. The van der Waals surface area contributed by atoms with Crippen LogP contribution < -0.4 is 0 Å². The van der Waals surface area contributed by atoms with Crippen LogP contribution in [-0.2, 0) is 0 Å². The molecule has 0 bridgehead atoms. The lowest BCUT2D eigenvalue weighted by molar-refractivity contribution is 0.502. The normalized spacial score (nSPS) is 15.5. The van der Waals surface area contributed by atoms with E-state index in [4.69, 9.17) is 16.0 Å². The van der Waals surface area contributed by atoms with Crippen molar-refractivity contribution in [1.82, 2.24) is 0 Å². The largest absolute Gasteiger partial charge is 0.461 e. The van der Waals surface area contributed by atoms with Gasteiger partial charge in [0.2, 0.25) is 0 Å². The smallest absolute Gasteiger partial charge is 0.134 e. The monoisotopic (exact) mass is 222 g/mol. The molecule has 1 heterocycles. The molecule has 1 aromatic heterocycles. The Balaban J connectivity index is 2.47. The third-order valence-electron chi connectivity index (χ3n) is 2.83. The second kappa shape index (κ2) is 3.90. The van der Waals surface area contributed by atoms with E-state index >= 15 is 0 Å². The highest BCUT2D eigenvalue weighted by atomic mass is 35.5. The van der Waals surface area contributed by atoms with E-state index in [1.165, 1.54) is 5.56 Å². The maximum absolute atomic E-state index is 6.06. The number of fused-ring (bicyclic) bond motifs is 1.